The summed E-state index contributed by atoms with van der Waals surface area (Å²) in [6.07, 6.45) is 3.31. The highest BCUT2D eigenvalue weighted by atomic mass is 79.9. The second-order valence-electron chi connectivity index (χ2n) is 3.54. The summed E-state index contributed by atoms with van der Waals surface area (Å²) in [5.74, 6) is 1.34. The number of ether oxygens (including phenoxy) is 1. The summed E-state index contributed by atoms with van der Waals surface area (Å²) < 4.78 is 5.89. The first-order valence-corrected chi connectivity index (χ1v) is 6.40. The predicted molar refractivity (Wildman–Crippen MR) is 75.1 cm³/mol. The molecule has 0 unspecified atom stereocenters. The number of nitrogens with zero attached hydrogens (tertiary/aromatic N) is 2. The van der Waals surface area contributed by atoms with Crippen LogP contribution in [-0.2, 0) is 6.54 Å². The van der Waals surface area contributed by atoms with Gasteiger partial charge in [-0.25, -0.2) is 9.97 Å². The molecule has 2 aromatic rings. The summed E-state index contributed by atoms with van der Waals surface area (Å²) in [6, 6.07) is 5.58. The fourth-order valence-corrected chi connectivity index (χ4v) is 2.18. The third kappa shape index (κ3) is 3.34. The van der Waals surface area contributed by atoms with E-state index in [9.17, 15) is 0 Å². The van der Waals surface area contributed by atoms with Crippen molar-refractivity contribution in [1.29, 1.82) is 0 Å². The highest BCUT2D eigenvalue weighted by molar-refractivity contribution is 9.10. The van der Waals surface area contributed by atoms with Gasteiger partial charge in [0.15, 0.2) is 0 Å². The van der Waals surface area contributed by atoms with Crippen molar-refractivity contribution in [3.05, 3.63) is 45.7 Å². The maximum Gasteiger partial charge on any atom is 0.213 e. The molecule has 0 bridgehead atoms. The van der Waals surface area contributed by atoms with Crippen LogP contribution in [0.1, 0.15) is 5.56 Å². The number of rotatable bonds is 4. The van der Waals surface area contributed by atoms with Gasteiger partial charge in [0.1, 0.15) is 5.82 Å². The number of halogens is 2. The van der Waals surface area contributed by atoms with E-state index in [0.717, 1.165) is 15.9 Å². The van der Waals surface area contributed by atoms with Gasteiger partial charge in [0, 0.05) is 25.0 Å². The third-order valence-corrected chi connectivity index (χ3v) is 3.09. The Balaban J connectivity index is 2.06. The van der Waals surface area contributed by atoms with Crippen molar-refractivity contribution in [2.24, 2.45) is 0 Å². The van der Waals surface area contributed by atoms with Crippen LogP contribution >= 0.6 is 27.5 Å². The monoisotopic (exact) mass is 327 g/mol. The first kappa shape index (κ1) is 13.1. The van der Waals surface area contributed by atoms with Gasteiger partial charge in [-0.2, -0.15) is 0 Å². The van der Waals surface area contributed by atoms with Gasteiger partial charge in [0.05, 0.1) is 16.6 Å². The average Bonchev–Trinajstić information content (AvgIpc) is 2.38. The Hall–Kier alpha value is -1.33. The smallest absolute Gasteiger partial charge is 0.213 e. The lowest BCUT2D eigenvalue weighted by Crippen LogP contribution is -2.02. The minimum absolute atomic E-state index is 0.595. The first-order chi connectivity index (χ1) is 8.69. The number of methoxy groups -OCH3 is 1. The second-order valence-corrected chi connectivity index (χ2v) is 4.83. The Bertz CT molecular complexity index is 551. The number of anilines is 1. The molecule has 1 N–H and O–H groups in total. The van der Waals surface area contributed by atoms with E-state index in [0.29, 0.717) is 17.4 Å². The van der Waals surface area contributed by atoms with Crippen molar-refractivity contribution < 1.29 is 4.74 Å². The lowest BCUT2D eigenvalue weighted by molar-refractivity contribution is 0.397. The Labute approximate surface area is 118 Å². The average molecular weight is 329 g/mol. The van der Waals surface area contributed by atoms with Gasteiger partial charge in [-0.15, -0.1) is 0 Å². The van der Waals surface area contributed by atoms with E-state index in [4.69, 9.17) is 16.3 Å². The maximum atomic E-state index is 5.83. The Morgan fingerprint density at radius 1 is 1.39 bits per heavy atom. The molecule has 0 aliphatic carbocycles. The number of hydrogen-bond acceptors (Lipinski definition) is 4. The summed E-state index contributed by atoms with van der Waals surface area (Å²) in [7, 11) is 1.59. The molecule has 6 heteroatoms. The second kappa shape index (κ2) is 6.02. The maximum absolute atomic E-state index is 5.83. The molecular formula is C12H11BrClN3O. The lowest BCUT2D eigenvalue weighted by atomic mass is 10.2. The normalized spacial score (nSPS) is 10.2. The van der Waals surface area contributed by atoms with Gasteiger partial charge in [-0.1, -0.05) is 11.6 Å². The SMILES string of the molecule is COc1cc(CNc2ncc(Cl)cc2Br)ccn1. The van der Waals surface area contributed by atoms with Crippen molar-refractivity contribution in [3.8, 4) is 5.88 Å². The van der Waals surface area contributed by atoms with Crippen LogP contribution < -0.4 is 10.1 Å². The van der Waals surface area contributed by atoms with E-state index in [-0.39, 0.29) is 0 Å². The van der Waals surface area contributed by atoms with Crippen LogP contribution in [-0.4, -0.2) is 17.1 Å². The quantitative estimate of drug-likeness (QED) is 0.933. The van der Waals surface area contributed by atoms with E-state index in [1.54, 1.807) is 25.6 Å². The molecule has 0 saturated heterocycles. The van der Waals surface area contributed by atoms with Crippen molar-refractivity contribution in [1.82, 2.24) is 9.97 Å². The molecule has 0 aromatic carbocycles. The van der Waals surface area contributed by atoms with Gasteiger partial charge in [0.2, 0.25) is 5.88 Å². The molecule has 0 aliphatic heterocycles. The van der Waals surface area contributed by atoms with Crippen LogP contribution in [0.4, 0.5) is 5.82 Å². The molecule has 2 aromatic heterocycles. The van der Waals surface area contributed by atoms with Crippen molar-refractivity contribution in [2.45, 2.75) is 6.54 Å². The predicted octanol–water partition coefficient (Wildman–Crippen LogP) is 3.51. The summed E-state index contributed by atoms with van der Waals surface area (Å²) in [5, 5.41) is 3.80. The summed E-state index contributed by atoms with van der Waals surface area (Å²) in [4.78, 5) is 8.25. The van der Waals surface area contributed by atoms with Crippen molar-refractivity contribution >= 4 is 33.3 Å². The Kier molecular flexibility index (Phi) is 4.38. The highest BCUT2D eigenvalue weighted by Gasteiger charge is 2.03. The molecule has 0 fully saturated rings. The molecule has 2 heterocycles. The van der Waals surface area contributed by atoms with E-state index in [2.05, 4.69) is 31.2 Å². The van der Waals surface area contributed by atoms with Gasteiger partial charge < -0.3 is 10.1 Å². The molecule has 0 aliphatic rings. The van der Waals surface area contributed by atoms with Crippen LogP contribution in [0.25, 0.3) is 0 Å². The Morgan fingerprint density at radius 3 is 2.94 bits per heavy atom. The molecule has 0 amide bonds. The number of aromatic nitrogens is 2. The van der Waals surface area contributed by atoms with Crippen molar-refractivity contribution in [3.63, 3.8) is 0 Å². The lowest BCUT2D eigenvalue weighted by Gasteiger charge is -2.08. The minimum Gasteiger partial charge on any atom is -0.481 e. The van der Waals surface area contributed by atoms with Gasteiger partial charge >= 0.3 is 0 Å². The molecule has 0 spiro atoms. The van der Waals surface area contributed by atoms with Crippen LogP contribution in [0.15, 0.2) is 35.1 Å². The molecule has 0 atom stereocenters. The number of hydrogen-bond donors (Lipinski definition) is 1. The first-order valence-electron chi connectivity index (χ1n) is 5.23. The van der Waals surface area contributed by atoms with E-state index in [1.165, 1.54) is 0 Å². The van der Waals surface area contributed by atoms with Gasteiger partial charge in [0.25, 0.3) is 0 Å². The standard InChI is InChI=1S/C12H11BrClN3O/c1-18-11-4-8(2-3-15-11)6-16-12-10(13)5-9(14)7-17-12/h2-5,7H,6H2,1H3,(H,16,17). The molecule has 0 saturated carbocycles. The number of pyridine rings is 2. The molecular weight excluding hydrogens is 318 g/mol. The summed E-state index contributed by atoms with van der Waals surface area (Å²) >= 11 is 9.23. The molecule has 0 radical (unpaired) electrons. The van der Waals surface area contributed by atoms with Crippen LogP contribution in [0.5, 0.6) is 5.88 Å². The topological polar surface area (TPSA) is 47.0 Å². The van der Waals surface area contributed by atoms with Gasteiger partial charge in [-0.3, -0.25) is 0 Å². The van der Waals surface area contributed by atoms with Crippen LogP contribution in [0.3, 0.4) is 0 Å². The zero-order chi connectivity index (χ0) is 13.0. The van der Waals surface area contributed by atoms with E-state index < -0.39 is 0 Å². The highest BCUT2D eigenvalue weighted by Crippen LogP contribution is 2.23. The fraction of sp³-hybridized carbons (Fsp3) is 0.167. The Morgan fingerprint density at radius 2 is 2.22 bits per heavy atom. The summed E-state index contributed by atoms with van der Waals surface area (Å²) in [5.41, 5.74) is 1.06. The largest absolute Gasteiger partial charge is 0.481 e. The number of nitrogens with one attached hydrogen (secondary N) is 1. The minimum atomic E-state index is 0.595. The molecule has 2 rings (SSSR count). The fourth-order valence-electron chi connectivity index (χ4n) is 1.40. The zero-order valence-electron chi connectivity index (χ0n) is 9.65. The van der Waals surface area contributed by atoms with Crippen molar-refractivity contribution in [2.75, 3.05) is 12.4 Å². The summed E-state index contributed by atoms with van der Waals surface area (Å²) in [6.45, 7) is 0.631. The molecule has 94 valence electrons. The van der Waals surface area contributed by atoms with E-state index >= 15 is 0 Å². The molecule has 4 nitrogen and oxygen atoms in total. The van der Waals surface area contributed by atoms with Crippen LogP contribution in [0.2, 0.25) is 5.02 Å². The molecule has 18 heavy (non-hydrogen) atoms. The van der Waals surface area contributed by atoms with E-state index in [1.807, 2.05) is 12.1 Å². The van der Waals surface area contributed by atoms with Crippen LogP contribution in [0, 0.1) is 0 Å². The zero-order valence-corrected chi connectivity index (χ0v) is 12.0. The third-order valence-electron chi connectivity index (χ3n) is 2.28. The van der Waals surface area contributed by atoms with Gasteiger partial charge in [-0.05, 0) is 33.6 Å².